The second-order valence-corrected chi connectivity index (χ2v) is 2.80. The molecule has 0 saturated heterocycles. The number of ketones is 2. The molecular weight excluding hydrogens is 168 g/mol. The zero-order valence-electron chi connectivity index (χ0n) is 7.79. The molecule has 0 radical (unpaired) electrons. The fraction of sp³-hybridized carbons (Fsp3) is 0.333. The molecule has 1 aromatic heterocycles. The van der Waals surface area contributed by atoms with E-state index in [0.29, 0.717) is 5.69 Å². The summed E-state index contributed by atoms with van der Waals surface area (Å²) in [5.41, 5.74) is 1.06. The van der Waals surface area contributed by atoms with Crippen LogP contribution in [0, 0.1) is 6.92 Å². The number of carbonyl (C=O) groups excluding carboxylic acids is 2. The molecule has 0 bridgehead atoms. The summed E-state index contributed by atoms with van der Waals surface area (Å²) < 4.78 is 0. The molecule has 1 aromatic rings. The van der Waals surface area contributed by atoms with E-state index in [2.05, 4.69) is 9.97 Å². The highest BCUT2D eigenvalue weighted by Crippen LogP contribution is 2.04. The maximum absolute atomic E-state index is 11.0. The van der Waals surface area contributed by atoms with Gasteiger partial charge >= 0.3 is 0 Å². The zero-order chi connectivity index (χ0) is 10.0. The molecule has 0 atom stereocenters. The van der Waals surface area contributed by atoms with Crippen LogP contribution in [0.4, 0.5) is 0 Å². The van der Waals surface area contributed by atoms with E-state index in [1.54, 1.807) is 6.92 Å². The van der Waals surface area contributed by atoms with Crippen molar-refractivity contribution in [2.45, 2.75) is 20.8 Å². The van der Waals surface area contributed by atoms with Gasteiger partial charge in [0.15, 0.2) is 11.6 Å². The van der Waals surface area contributed by atoms with Gasteiger partial charge in [-0.2, -0.15) is 0 Å². The molecule has 0 N–H and O–H groups in total. The van der Waals surface area contributed by atoms with Crippen molar-refractivity contribution in [2.24, 2.45) is 0 Å². The molecule has 4 heteroatoms. The zero-order valence-corrected chi connectivity index (χ0v) is 7.79. The lowest BCUT2D eigenvalue weighted by molar-refractivity contribution is 0.100. The molecule has 13 heavy (non-hydrogen) atoms. The predicted molar refractivity (Wildman–Crippen MR) is 46.8 cm³/mol. The molecule has 0 saturated carbocycles. The Balaban J connectivity index is 3.27. The molecule has 0 aliphatic carbocycles. The summed E-state index contributed by atoms with van der Waals surface area (Å²) in [5, 5.41) is 0. The summed E-state index contributed by atoms with van der Waals surface area (Å²) in [4.78, 5) is 29.8. The summed E-state index contributed by atoms with van der Waals surface area (Å²) >= 11 is 0. The molecule has 0 fully saturated rings. The van der Waals surface area contributed by atoms with Gasteiger partial charge in [-0.15, -0.1) is 0 Å². The second-order valence-electron chi connectivity index (χ2n) is 2.80. The maximum atomic E-state index is 11.0. The fourth-order valence-corrected chi connectivity index (χ4v) is 0.952. The Hall–Kier alpha value is -1.58. The molecule has 0 unspecified atom stereocenters. The molecule has 0 aliphatic rings. The van der Waals surface area contributed by atoms with Crippen molar-refractivity contribution >= 4 is 11.6 Å². The van der Waals surface area contributed by atoms with Crippen LogP contribution in [0.1, 0.15) is 40.5 Å². The molecule has 0 spiro atoms. The summed E-state index contributed by atoms with van der Waals surface area (Å²) in [5.74, 6) is -0.358. The van der Waals surface area contributed by atoms with Crippen molar-refractivity contribution in [3.8, 4) is 0 Å². The monoisotopic (exact) mass is 178 g/mol. The van der Waals surface area contributed by atoms with Crippen molar-refractivity contribution in [3.63, 3.8) is 0 Å². The third-order valence-electron chi connectivity index (χ3n) is 1.65. The topological polar surface area (TPSA) is 59.9 Å². The smallest absolute Gasteiger partial charge is 0.179 e. The molecule has 0 aliphatic heterocycles. The molecule has 0 aromatic carbocycles. The van der Waals surface area contributed by atoms with Crippen LogP contribution in [0.15, 0.2) is 6.20 Å². The number of aryl methyl sites for hydroxylation is 1. The first-order valence-electron chi connectivity index (χ1n) is 3.88. The van der Waals surface area contributed by atoms with Gasteiger partial charge in [0.1, 0.15) is 11.4 Å². The van der Waals surface area contributed by atoms with Gasteiger partial charge in [0.25, 0.3) is 0 Å². The van der Waals surface area contributed by atoms with Crippen LogP contribution in [-0.4, -0.2) is 21.5 Å². The summed E-state index contributed by atoms with van der Waals surface area (Å²) in [7, 11) is 0. The Morgan fingerprint density at radius 2 is 1.85 bits per heavy atom. The highest BCUT2D eigenvalue weighted by atomic mass is 16.1. The van der Waals surface area contributed by atoms with E-state index >= 15 is 0 Å². The van der Waals surface area contributed by atoms with E-state index in [-0.39, 0.29) is 23.0 Å². The number of rotatable bonds is 2. The van der Waals surface area contributed by atoms with Gasteiger partial charge in [0, 0.05) is 13.8 Å². The highest BCUT2D eigenvalue weighted by molar-refractivity contribution is 5.96. The van der Waals surface area contributed by atoms with Crippen molar-refractivity contribution in [1.29, 1.82) is 0 Å². The first-order chi connectivity index (χ1) is 6.02. The van der Waals surface area contributed by atoms with E-state index < -0.39 is 0 Å². The van der Waals surface area contributed by atoms with E-state index in [9.17, 15) is 9.59 Å². The van der Waals surface area contributed by atoms with E-state index in [1.807, 2.05) is 0 Å². The largest absolute Gasteiger partial charge is 0.293 e. The Morgan fingerprint density at radius 1 is 1.23 bits per heavy atom. The van der Waals surface area contributed by atoms with E-state index in [0.717, 1.165) is 0 Å². The Kier molecular flexibility index (Phi) is 2.51. The number of nitrogens with zero attached hydrogens (tertiary/aromatic N) is 2. The van der Waals surface area contributed by atoms with Gasteiger partial charge in [0.2, 0.25) is 0 Å². The van der Waals surface area contributed by atoms with E-state index in [4.69, 9.17) is 0 Å². The van der Waals surface area contributed by atoms with Gasteiger partial charge < -0.3 is 0 Å². The molecule has 4 nitrogen and oxygen atoms in total. The van der Waals surface area contributed by atoms with Crippen LogP contribution >= 0.6 is 0 Å². The SMILES string of the molecule is CC(=O)c1cnc(C)c(C(C)=O)n1. The standard InChI is InChI=1S/C9H10N2O2/c1-5-9(7(3)13)11-8(4-10-5)6(2)12/h4H,1-3H3. The molecule has 1 heterocycles. The number of hydrogen-bond acceptors (Lipinski definition) is 4. The first-order valence-corrected chi connectivity index (χ1v) is 3.88. The molecule has 0 amide bonds. The van der Waals surface area contributed by atoms with Crippen LogP contribution in [0.2, 0.25) is 0 Å². The lowest BCUT2D eigenvalue weighted by Crippen LogP contribution is -2.08. The van der Waals surface area contributed by atoms with Crippen molar-refractivity contribution in [2.75, 3.05) is 0 Å². The van der Waals surface area contributed by atoms with Crippen molar-refractivity contribution in [1.82, 2.24) is 9.97 Å². The van der Waals surface area contributed by atoms with Crippen molar-refractivity contribution < 1.29 is 9.59 Å². The van der Waals surface area contributed by atoms with Crippen LogP contribution < -0.4 is 0 Å². The molecule has 1 rings (SSSR count). The maximum Gasteiger partial charge on any atom is 0.179 e. The van der Waals surface area contributed by atoms with Crippen molar-refractivity contribution in [3.05, 3.63) is 23.3 Å². The average Bonchev–Trinajstić information content (AvgIpc) is 2.04. The van der Waals surface area contributed by atoms with Crippen LogP contribution in [0.5, 0.6) is 0 Å². The molecule has 68 valence electrons. The minimum Gasteiger partial charge on any atom is -0.293 e. The normalized spacial score (nSPS) is 9.77. The number of hydrogen-bond donors (Lipinski definition) is 0. The van der Waals surface area contributed by atoms with Gasteiger partial charge in [-0.05, 0) is 6.92 Å². The quantitative estimate of drug-likeness (QED) is 0.638. The van der Waals surface area contributed by atoms with Gasteiger partial charge in [0.05, 0.1) is 11.9 Å². The minimum atomic E-state index is -0.185. The summed E-state index contributed by atoms with van der Waals surface area (Å²) in [6.07, 6.45) is 1.38. The third kappa shape index (κ3) is 1.96. The Labute approximate surface area is 76.0 Å². The number of aromatic nitrogens is 2. The first kappa shape index (κ1) is 9.51. The number of carbonyl (C=O) groups is 2. The van der Waals surface area contributed by atoms with Crippen LogP contribution in [-0.2, 0) is 0 Å². The van der Waals surface area contributed by atoms with Crippen LogP contribution in [0.25, 0.3) is 0 Å². The van der Waals surface area contributed by atoms with Gasteiger partial charge in [-0.3, -0.25) is 14.6 Å². The average molecular weight is 178 g/mol. The Morgan fingerprint density at radius 3 is 2.31 bits per heavy atom. The highest BCUT2D eigenvalue weighted by Gasteiger charge is 2.10. The Bertz CT molecular complexity index is 372. The predicted octanol–water partition coefficient (Wildman–Crippen LogP) is 1.19. The van der Waals surface area contributed by atoms with Crippen LogP contribution in [0.3, 0.4) is 0 Å². The third-order valence-corrected chi connectivity index (χ3v) is 1.65. The number of Topliss-reactive ketones (excluding diaryl/α,β-unsaturated/α-hetero) is 2. The lowest BCUT2D eigenvalue weighted by Gasteiger charge is -2.00. The fourth-order valence-electron chi connectivity index (χ4n) is 0.952. The van der Waals surface area contributed by atoms with E-state index in [1.165, 1.54) is 20.0 Å². The summed E-state index contributed by atoms with van der Waals surface area (Å²) in [6, 6.07) is 0. The minimum absolute atomic E-state index is 0.173. The summed E-state index contributed by atoms with van der Waals surface area (Å²) in [6.45, 7) is 4.48. The lowest BCUT2D eigenvalue weighted by atomic mass is 10.2. The second kappa shape index (κ2) is 3.43. The molecular formula is C9H10N2O2. The van der Waals surface area contributed by atoms with Gasteiger partial charge in [-0.25, -0.2) is 4.98 Å². The van der Waals surface area contributed by atoms with Gasteiger partial charge in [-0.1, -0.05) is 0 Å².